The lowest BCUT2D eigenvalue weighted by Gasteiger charge is -2.40. The molecule has 0 aliphatic carbocycles. The Morgan fingerprint density at radius 1 is 1.10 bits per heavy atom. The van der Waals surface area contributed by atoms with E-state index in [1.54, 1.807) is 40.1 Å². The van der Waals surface area contributed by atoms with Crippen LogP contribution in [0.1, 0.15) is 24.4 Å². The summed E-state index contributed by atoms with van der Waals surface area (Å²) < 4.78 is 24.2. The van der Waals surface area contributed by atoms with Gasteiger partial charge in [0, 0.05) is 13.5 Å². The number of halogens is 1. The second-order valence-electron chi connectivity index (χ2n) is 7.18. The normalized spacial score (nSPS) is 15.7. The number of benzene rings is 2. The average molecular weight is 408 g/mol. The van der Waals surface area contributed by atoms with Gasteiger partial charge in [-0.3, -0.25) is 9.59 Å². The number of nitrogens with zero attached hydrogens (tertiary/aromatic N) is 2. The number of hydrogen-bond donors (Lipinski definition) is 0. The largest absolute Gasteiger partial charge is 0.494 e. The highest BCUT2D eigenvalue weighted by molar-refractivity contribution is 6.10. The van der Waals surface area contributed by atoms with Crippen molar-refractivity contribution in [3.8, 4) is 16.9 Å². The van der Waals surface area contributed by atoms with Gasteiger partial charge in [-0.25, -0.2) is 4.39 Å². The maximum atomic E-state index is 13.8. The first kappa shape index (κ1) is 19.7. The van der Waals surface area contributed by atoms with Crippen LogP contribution in [0.15, 0.2) is 59.2 Å². The molecule has 1 aliphatic heterocycles. The molecular weight excluding hydrogens is 387 g/mol. The van der Waals surface area contributed by atoms with Crippen LogP contribution in [0.25, 0.3) is 11.1 Å². The van der Waals surface area contributed by atoms with Gasteiger partial charge in [-0.05, 0) is 54.4 Å². The first-order valence-electron chi connectivity index (χ1n) is 9.54. The Hall–Kier alpha value is -3.61. The zero-order chi connectivity index (χ0) is 21.4. The summed E-state index contributed by atoms with van der Waals surface area (Å²) in [6.45, 7) is 3.72. The van der Waals surface area contributed by atoms with Gasteiger partial charge in [0.05, 0.1) is 30.8 Å². The van der Waals surface area contributed by atoms with E-state index in [1.807, 2.05) is 19.1 Å². The topological polar surface area (TPSA) is 63.0 Å². The zero-order valence-corrected chi connectivity index (χ0v) is 16.9. The summed E-state index contributed by atoms with van der Waals surface area (Å²) in [5.41, 5.74) is 2.72. The molecule has 1 atom stereocenters. The molecule has 0 bridgehead atoms. The van der Waals surface area contributed by atoms with Crippen LogP contribution in [-0.2, 0) is 4.79 Å². The molecule has 3 aromatic rings. The number of anilines is 2. The van der Waals surface area contributed by atoms with E-state index in [-0.39, 0.29) is 29.4 Å². The number of fused-ring (bicyclic) bond motifs is 1. The summed E-state index contributed by atoms with van der Waals surface area (Å²) in [5.74, 6) is -0.494. The van der Waals surface area contributed by atoms with E-state index in [1.165, 1.54) is 26.4 Å². The number of amides is 2. The fraction of sp³-hybridized carbons (Fsp3) is 0.217. The summed E-state index contributed by atoms with van der Waals surface area (Å²) in [6.07, 6.45) is 1.45. The number of carbonyl (C=O) groups is 2. The minimum atomic E-state index is -0.453. The molecule has 154 valence electrons. The Bertz CT molecular complexity index is 1110. The molecule has 30 heavy (non-hydrogen) atoms. The second-order valence-corrected chi connectivity index (χ2v) is 7.18. The van der Waals surface area contributed by atoms with Gasteiger partial charge >= 0.3 is 0 Å². The summed E-state index contributed by atoms with van der Waals surface area (Å²) >= 11 is 0. The zero-order valence-electron chi connectivity index (χ0n) is 16.9. The van der Waals surface area contributed by atoms with Crippen molar-refractivity contribution >= 4 is 23.2 Å². The predicted octanol–water partition coefficient (Wildman–Crippen LogP) is 4.50. The van der Waals surface area contributed by atoms with E-state index in [0.717, 1.165) is 11.1 Å². The van der Waals surface area contributed by atoms with Crippen molar-refractivity contribution in [3.63, 3.8) is 0 Å². The maximum absolute atomic E-state index is 13.8. The van der Waals surface area contributed by atoms with Crippen LogP contribution in [-0.4, -0.2) is 31.5 Å². The van der Waals surface area contributed by atoms with Crippen LogP contribution in [0.3, 0.4) is 0 Å². The minimum absolute atomic E-state index is 0.106. The SMILES string of the molecule is COc1cc(-c2ccc3c(c2)N(C(=O)c2ccco2)C[C@H](C)N3C(C)=O)ccc1F. The Labute approximate surface area is 173 Å². The van der Waals surface area contributed by atoms with Crippen molar-refractivity contribution < 1.29 is 23.1 Å². The Morgan fingerprint density at radius 2 is 1.83 bits per heavy atom. The molecule has 0 radical (unpaired) electrons. The first-order chi connectivity index (χ1) is 14.4. The summed E-state index contributed by atoms with van der Waals surface area (Å²) in [4.78, 5) is 28.7. The Kier molecular flexibility index (Phi) is 5.03. The lowest BCUT2D eigenvalue weighted by atomic mass is 10.00. The Morgan fingerprint density at radius 3 is 2.50 bits per heavy atom. The number of rotatable bonds is 3. The lowest BCUT2D eigenvalue weighted by Crippen LogP contribution is -2.51. The standard InChI is InChI=1S/C23H21FN2O4/c1-14-13-25(23(28)21-5-4-10-30-21)20-11-16(7-9-19(20)26(14)15(2)27)17-6-8-18(24)22(12-17)29-3/h4-12,14H,13H2,1-3H3/t14-/m0/s1. The maximum Gasteiger partial charge on any atom is 0.294 e. The first-order valence-corrected chi connectivity index (χ1v) is 9.54. The molecule has 0 fully saturated rings. The Balaban J connectivity index is 1.85. The van der Waals surface area contributed by atoms with Gasteiger partial charge in [0.1, 0.15) is 0 Å². The summed E-state index contributed by atoms with van der Waals surface area (Å²) in [6, 6.07) is 13.1. The predicted molar refractivity (Wildman–Crippen MR) is 111 cm³/mol. The summed E-state index contributed by atoms with van der Waals surface area (Å²) in [5, 5.41) is 0. The van der Waals surface area contributed by atoms with Crippen LogP contribution in [0.5, 0.6) is 5.75 Å². The van der Waals surface area contributed by atoms with Crippen LogP contribution in [0.4, 0.5) is 15.8 Å². The molecule has 6 nitrogen and oxygen atoms in total. The molecule has 1 aliphatic rings. The van der Waals surface area contributed by atoms with Crippen molar-refractivity contribution in [1.29, 1.82) is 0 Å². The molecule has 2 amide bonds. The number of furan rings is 1. The number of methoxy groups -OCH3 is 1. The fourth-order valence-electron chi connectivity index (χ4n) is 3.85. The highest BCUT2D eigenvalue weighted by Gasteiger charge is 2.35. The molecular formula is C23H21FN2O4. The van der Waals surface area contributed by atoms with E-state index in [4.69, 9.17) is 9.15 Å². The van der Waals surface area contributed by atoms with Crippen LogP contribution in [0, 0.1) is 5.82 Å². The smallest absolute Gasteiger partial charge is 0.294 e. The van der Waals surface area contributed by atoms with E-state index in [2.05, 4.69) is 0 Å². The fourth-order valence-corrected chi connectivity index (χ4v) is 3.85. The quantitative estimate of drug-likeness (QED) is 0.640. The van der Waals surface area contributed by atoms with Crippen LogP contribution >= 0.6 is 0 Å². The van der Waals surface area contributed by atoms with E-state index in [9.17, 15) is 14.0 Å². The molecule has 2 aromatic carbocycles. The van der Waals surface area contributed by atoms with Crippen molar-refractivity contribution in [2.75, 3.05) is 23.5 Å². The van der Waals surface area contributed by atoms with Gasteiger partial charge < -0.3 is 19.0 Å². The monoisotopic (exact) mass is 408 g/mol. The number of carbonyl (C=O) groups excluding carboxylic acids is 2. The third-order valence-electron chi connectivity index (χ3n) is 5.21. The van der Waals surface area contributed by atoms with Gasteiger partial charge in [0.15, 0.2) is 17.3 Å². The van der Waals surface area contributed by atoms with Gasteiger partial charge in [-0.1, -0.05) is 12.1 Å². The van der Waals surface area contributed by atoms with E-state index >= 15 is 0 Å². The van der Waals surface area contributed by atoms with Crippen molar-refractivity contribution in [2.24, 2.45) is 0 Å². The van der Waals surface area contributed by atoms with Crippen molar-refractivity contribution in [3.05, 3.63) is 66.4 Å². The van der Waals surface area contributed by atoms with E-state index in [0.29, 0.717) is 17.9 Å². The van der Waals surface area contributed by atoms with Gasteiger partial charge in [0.25, 0.3) is 5.91 Å². The van der Waals surface area contributed by atoms with Crippen LogP contribution < -0.4 is 14.5 Å². The molecule has 0 spiro atoms. The van der Waals surface area contributed by atoms with Crippen molar-refractivity contribution in [2.45, 2.75) is 19.9 Å². The molecule has 1 aromatic heterocycles. The van der Waals surface area contributed by atoms with Gasteiger partial charge in [-0.2, -0.15) is 0 Å². The molecule has 7 heteroatoms. The van der Waals surface area contributed by atoms with E-state index < -0.39 is 5.82 Å². The molecule has 2 heterocycles. The average Bonchev–Trinajstić information content (AvgIpc) is 3.27. The molecule has 0 unspecified atom stereocenters. The summed E-state index contributed by atoms with van der Waals surface area (Å²) in [7, 11) is 1.41. The number of ether oxygens (including phenoxy) is 1. The molecule has 4 rings (SSSR count). The minimum Gasteiger partial charge on any atom is -0.494 e. The lowest BCUT2D eigenvalue weighted by molar-refractivity contribution is -0.117. The highest BCUT2D eigenvalue weighted by atomic mass is 19.1. The highest BCUT2D eigenvalue weighted by Crippen LogP contribution is 2.40. The molecule has 0 saturated carbocycles. The second kappa shape index (κ2) is 7.67. The van der Waals surface area contributed by atoms with Crippen LogP contribution in [0.2, 0.25) is 0 Å². The third kappa shape index (κ3) is 3.32. The van der Waals surface area contributed by atoms with Gasteiger partial charge in [0.2, 0.25) is 5.91 Å². The number of hydrogen-bond acceptors (Lipinski definition) is 4. The van der Waals surface area contributed by atoms with Crippen molar-refractivity contribution in [1.82, 2.24) is 0 Å². The van der Waals surface area contributed by atoms with Gasteiger partial charge in [-0.15, -0.1) is 0 Å². The third-order valence-corrected chi connectivity index (χ3v) is 5.21. The molecule has 0 saturated heterocycles. The molecule has 0 N–H and O–H groups in total.